The molecule has 1 aliphatic carbocycles. The average molecular weight is 371 g/mol. The number of likely N-dealkylation sites (tertiary alicyclic amines) is 1. The lowest BCUT2D eigenvalue weighted by Gasteiger charge is -2.26. The molecule has 0 spiro atoms. The summed E-state index contributed by atoms with van der Waals surface area (Å²) in [4.78, 5) is 26.1. The van der Waals surface area contributed by atoms with Crippen molar-refractivity contribution in [3.05, 3.63) is 29.6 Å². The van der Waals surface area contributed by atoms with E-state index >= 15 is 0 Å². The standard InChI is InChI=1S/C18H23FN2O3.ClH/c1-11-5-6-14(8-15(11)19)20-16(22)12(2)21-9-13-4-3-7-18(13,10-21)17(23)24;/h5-6,8,12-13H,3-4,7,9-10H2,1-2H3,(H,20,22)(H,23,24);1H/t12?,13-,18+;/m0./s1. The first-order valence-electron chi connectivity index (χ1n) is 8.38. The molecule has 2 aliphatic rings. The van der Waals surface area contributed by atoms with Crippen LogP contribution in [0.2, 0.25) is 0 Å². The number of carbonyl (C=O) groups is 2. The number of aliphatic carboxylic acids is 1. The Kier molecular flexibility index (Phi) is 5.74. The van der Waals surface area contributed by atoms with E-state index in [9.17, 15) is 19.1 Å². The van der Waals surface area contributed by atoms with Gasteiger partial charge < -0.3 is 10.4 Å². The summed E-state index contributed by atoms with van der Waals surface area (Å²) in [5, 5.41) is 12.4. The van der Waals surface area contributed by atoms with E-state index in [0.29, 0.717) is 30.8 Å². The van der Waals surface area contributed by atoms with Crippen LogP contribution in [0.15, 0.2) is 18.2 Å². The lowest BCUT2D eigenvalue weighted by molar-refractivity contribution is -0.149. The van der Waals surface area contributed by atoms with E-state index in [4.69, 9.17) is 0 Å². The van der Waals surface area contributed by atoms with Crippen LogP contribution in [0.3, 0.4) is 0 Å². The van der Waals surface area contributed by atoms with Gasteiger partial charge in [-0.25, -0.2) is 4.39 Å². The molecule has 1 aliphatic heterocycles. The Labute approximate surface area is 153 Å². The molecule has 7 heteroatoms. The first-order valence-corrected chi connectivity index (χ1v) is 8.38. The molecule has 2 N–H and O–H groups in total. The van der Waals surface area contributed by atoms with Crippen molar-refractivity contribution in [3.63, 3.8) is 0 Å². The van der Waals surface area contributed by atoms with Gasteiger partial charge >= 0.3 is 5.97 Å². The average Bonchev–Trinajstić information content (AvgIpc) is 3.08. The third-order valence-electron chi connectivity index (χ3n) is 5.69. The van der Waals surface area contributed by atoms with Crippen LogP contribution in [0.5, 0.6) is 0 Å². The quantitative estimate of drug-likeness (QED) is 0.854. The number of fused-ring (bicyclic) bond motifs is 1. The van der Waals surface area contributed by atoms with Crippen LogP contribution in [0.1, 0.15) is 31.7 Å². The molecule has 138 valence electrons. The third-order valence-corrected chi connectivity index (χ3v) is 5.69. The second kappa shape index (κ2) is 7.30. The number of aryl methyl sites for hydroxylation is 1. The van der Waals surface area contributed by atoms with Gasteiger partial charge in [0.05, 0.1) is 11.5 Å². The number of carboxylic acid groups (broad SMARTS) is 1. The van der Waals surface area contributed by atoms with Crippen LogP contribution in [0.25, 0.3) is 0 Å². The van der Waals surface area contributed by atoms with Crippen LogP contribution in [-0.4, -0.2) is 41.0 Å². The Morgan fingerprint density at radius 2 is 2.16 bits per heavy atom. The van der Waals surface area contributed by atoms with E-state index in [1.165, 1.54) is 6.07 Å². The van der Waals surface area contributed by atoms with Crippen LogP contribution < -0.4 is 5.32 Å². The van der Waals surface area contributed by atoms with Crippen molar-refractivity contribution >= 4 is 30.0 Å². The molecule has 5 nitrogen and oxygen atoms in total. The molecule has 1 saturated heterocycles. The van der Waals surface area contributed by atoms with Gasteiger partial charge in [0.25, 0.3) is 0 Å². The number of carbonyl (C=O) groups excluding carboxylic acids is 1. The predicted octanol–water partition coefficient (Wildman–Crippen LogP) is 3.07. The van der Waals surface area contributed by atoms with Crippen LogP contribution >= 0.6 is 12.4 Å². The van der Waals surface area contributed by atoms with Gasteiger partial charge in [0.15, 0.2) is 0 Å². The van der Waals surface area contributed by atoms with E-state index in [2.05, 4.69) is 5.32 Å². The maximum Gasteiger partial charge on any atom is 0.311 e. The highest BCUT2D eigenvalue weighted by atomic mass is 35.5. The van der Waals surface area contributed by atoms with Crippen LogP contribution in [0, 0.1) is 24.1 Å². The lowest BCUT2D eigenvalue weighted by atomic mass is 9.81. The largest absolute Gasteiger partial charge is 0.481 e. The molecule has 2 fully saturated rings. The SMILES string of the molecule is Cc1ccc(NC(=O)C(C)N2C[C@@H]3CCC[C@@]3(C(=O)O)C2)cc1F.Cl. The molecule has 1 amide bonds. The molecule has 0 bridgehead atoms. The fourth-order valence-electron chi connectivity index (χ4n) is 4.06. The minimum atomic E-state index is -0.749. The Morgan fingerprint density at radius 1 is 1.44 bits per heavy atom. The highest BCUT2D eigenvalue weighted by molar-refractivity contribution is 5.94. The maximum absolute atomic E-state index is 13.6. The number of halogens is 2. The zero-order chi connectivity index (χ0) is 17.5. The van der Waals surface area contributed by atoms with Gasteiger partial charge in [0, 0.05) is 18.8 Å². The molecule has 0 radical (unpaired) electrons. The van der Waals surface area contributed by atoms with Gasteiger partial charge in [-0.3, -0.25) is 14.5 Å². The summed E-state index contributed by atoms with van der Waals surface area (Å²) in [6.07, 6.45) is 2.52. The summed E-state index contributed by atoms with van der Waals surface area (Å²) in [7, 11) is 0. The third kappa shape index (κ3) is 3.51. The van der Waals surface area contributed by atoms with E-state index in [-0.39, 0.29) is 30.0 Å². The summed E-state index contributed by atoms with van der Waals surface area (Å²) in [6, 6.07) is 4.14. The van der Waals surface area contributed by atoms with E-state index in [1.54, 1.807) is 26.0 Å². The van der Waals surface area contributed by atoms with Gasteiger partial charge in [-0.05, 0) is 50.3 Å². The lowest BCUT2D eigenvalue weighted by Crippen LogP contribution is -2.43. The van der Waals surface area contributed by atoms with Crippen molar-refractivity contribution in [2.45, 2.75) is 39.2 Å². The van der Waals surface area contributed by atoms with Gasteiger partial charge in [-0.2, -0.15) is 0 Å². The summed E-state index contributed by atoms with van der Waals surface area (Å²) >= 11 is 0. The zero-order valence-electron chi connectivity index (χ0n) is 14.4. The van der Waals surface area contributed by atoms with Gasteiger partial charge in [-0.15, -0.1) is 12.4 Å². The molecule has 25 heavy (non-hydrogen) atoms. The normalized spacial score (nSPS) is 26.6. The summed E-state index contributed by atoms with van der Waals surface area (Å²) < 4.78 is 13.6. The number of amides is 1. The van der Waals surface area contributed by atoms with Crippen molar-refractivity contribution in [2.75, 3.05) is 18.4 Å². The highest BCUT2D eigenvalue weighted by Gasteiger charge is 2.55. The molecular formula is C18H24ClFN2O3. The smallest absolute Gasteiger partial charge is 0.311 e. The van der Waals surface area contributed by atoms with Crippen molar-refractivity contribution in [1.29, 1.82) is 0 Å². The van der Waals surface area contributed by atoms with Crippen LogP contribution in [0.4, 0.5) is 10.1 Å². The fourth-order valence-corrected chi connectivity index (χ4v) is 4.06. The van der Waals surface area contributed by atoms with E-state index < -0.39 is 17.4 Å². The summed E-state index contributed by atoms with van der Waals surface area (Å²) in [5.41, 5.74) is 0.240. The zero-order valence-corrected chi connectivity index (χ0v) is 15.2. The summed E-state index contributed by atoms with van der Waals surface area (Å²) in [6.45, 7) is 4.47. The molecule has 1 unspecified atom stereocenters. The minimum absolute atomic E-state index is 0. The monoisotopic (exact) mass is 370 g/mol. The van der Waals surface area contributed by atoms with Crippen molar-refractivity contribution in [3.8, 4) is 0 Å². The van der Waals surface area contributed by atoms with E-state index in [0.717, 1.165) is 12.8 Å². The van der Waals surface area contributed by atoms with E-state index in [1.807, 2.05) is 4.90 Å². The number of anilines is 1. The Hall–Kier alpha value is -1.66. The molecule has 1 heterocycles. The van der Waals surface area contributed by atoms with Gasteiger partial charge in [-0.1, -0.05) is 12.5 Å². The van der Waals surface area contributed by atoms with Crippen LogP contribution in [-0.2, 0) is 9.59 Å². The first-order chi connectivity index (χ1) is 11.3. The Balaban J connectivity index is 0.00000225. The highest BCUT2D eigenvalue weighted by Crippen LogP contribution is 2.49. The molecular weight excluding hydrogens is 347 g/mol. The van der Waals surface area contributed by atoms with Crippen molar-refractivity contribution in [1.82, 2.24) is 4.90 Å². The number of hydrogen-bond acceptors (Lipinski definition) is 3. The first kappa shape index (κ1) is 19.7. The van der Waals surface area contributed by atoms with Gasteiger partial charge in [0.1, 0.15) is 5.82 Å². The number of hydrogen-bond donors (Lipinski definition) is 2. The predicted molar refractivity (Wildman–Crippen MR) is 95.5 cm³/mol. The molecule has 3 atom stereocenters. The number of rotatable bonds is 4. The number of benzene rings is 1. The fraction of sp³-hybridized carbons (Fsp3) is 0.556. The summed E-state index contributed by atoms with van der Waals surface area (Å²) in [5.74, 6) is -1.23. The number of carboxylic acids is 1. The number of nitrogens with one attached hydrogen (secondary N) is 1. The molecule has 3 rings (SSSR count). The Morgan fingerprint density at radius 3 is 2.76 bits per heavy atom. The molecule has 0 aromatic heterocycles. The molecule has 1 aromatic rings. The maximum atomic E-state index is 13.6. The second-order valence-electron chi connectivity index (χ2n) is 7.11. The topological polar surface area (TPSA) is 69.6 Å². The Bertz CT molecular complexity index is 684. The molecule has 1 saturated carbocycles. The second-order valence-corrected chi connectivity index (χ2v) is 7.11. The van der Waals surface area contributed by atoms with Gasteiger partial charge in [0.2, 0.25) is 5.91 Å². The van der Waals surface area contributed by atoms with Crippen molar-refractivity contribution < 1.29 is 19.1 Å². The number of nitrogens with zero attached hydrogens (tertiary/aromatic N) is 1. The molecule has 1 aromatic carbocycles. The minimum Gasteiger partial charge on any atom is -0.481 e. The van der Waals surface area contributed by atoms with Crippen molar-refractivity contribution in [2.24, 2.45) is 11.3 Å².